The predicted molar refractivity (Wildman–Crippen MR) is 94.2 cm³/mol. The van der Waals surface area contributed by atoms with Gasteiger partial charge in [-0.15, -0.1) is 0 Å². The minimum Gasteiger partial charge on any atom is -0.508 e. The zero-order chi connectivity index (χ0) is 19.3. The Labute approximate surface area is 153 Å². The van der Waals surface area contributed by atoms with Gasteiger partial charge >= 0.3 is 0 Å². The van der Waals surface area contributed by atoms with Crippen molar-refractivity contribution in [1.29, 1.82) is 0 Å². The standard InChI is InChI=1S/C17H12Br2O4/c1-2-13-15(10-4-3-9(20)7-14(10)23-13)16(21)8-5-11(18)17(22)12(19)6-8/h3-7,20,22H,2H2,1H3/i3D,4D,7D. The van der Waals surface area contributed by atoms with Crippen LogP contribution in [-0.4, -0.2) is 16.0 Å². The highest BCUT2D eigenvalue weighted by atomic mass is 79.9. The van der Waals surface area contributed by atoms with Crippen LogP contribution in [-0.2, 0) is 6.42 Å². The van der Waals surface area contributed by atoms with Gasteiger partial charge in [0.05, 0.1) is 18.6 Å². The van der Waals surface area contributed by atoms with E-state index >= 15 is 0 Å². The Kier molecular flexibility index (Phi) is 3.30. The smallest absolute Gasteiger partial charge is 0.197 e. The molecule has 0 saturated heterocycles. The van der Waals surface area contributed by atoms with Crippen LogP contribution < -0.4 is 0 Å². The normalized spacial score (nSPS) is 12.9. The monoisotopic (exact) mass is 441 g/mol. The van der Waals surface area contributed by atoms with E-state index in [-0.39, 0.29) is 39.6 Å². The quantitative estimate of drug-likeness (QED) is 0.549. The van der Waals surface area contributed by atoms with E-state index in [4.69, 9.17) is 8.53 Å². The van der Waals surface area contributed by atoms with E-state index in [1.54, 1.807) is 6.92 Å². The van der Waals surface area contributed by atoms with Crippen LogP contribution in [0, 0.1) is 0 Å². The fraction of sp³-hybridized carbons (Fsp3) is 0.118. The van der Waals surface area contributed by atoms with Gasteiger partial charge in [0.25, 0.3) is 0 Å². The zero-order valence-electron chi connectivity index (χ0n) is 14.8. The summed E-state index contributed by atoms with van der Waals surface area (Å²) in [4.78, 5) is 13.1. The van der Waals surface area contributed by atoms with Crippen LogP contribution in [0.1, 0.15) is 32.7 Å². The van der Waals surface area contributed by atoms with Gasteiger partial charge in [-0.3, -0.25) is 4.79 Å². The molecule has 0 fully saturated rings. The first-order chi connectivity index (χ1) is 12.2. The third kappa shape index (κ3) is 2.77. The molecule has 0 spiro atoms. The van der Waals surface area contributed by atoms with Crippen LogP contribution >= 0.6 is 31.9 Å². The Morgan fingerprint density at radius 3 is 2.52 bits per heavy atom. The molecule has 0 saturated carbocycles. The van der Waals surface area contributed by atoms with E-state index in [1.165, 1.54) is 12.1 Å². The van der Waals surface area contributed by atoms with Crippen molar-refractivity contribution in [2.75, 3.05) is 0 Å². The number of aromatic hydroxyl groups is 2. The Balaban J connectivity index is 2.36. The first-order valence-corrected chi connectivity index (χ1v) is 8.24. The number of fused-ring (bicyclic) bond motifs is 1. The number of furan rings is 1. The Bertz CT molecular complexity index is 1050. The van der Waals surface area contributed by atoms with Crippen LogP contribution in [0.5, 0.6) is 11.5 Å². The van der Waals surface area contributed by atoms with Crippen LogP contribution in [0.25, 0.3) is 11.0 Å². The molecular formula is C17H12Br2O4. The van der Waals surface area contributed by atoms with Gasteiger partial charge in [-0.25, -0.2) is 0 Å². The number of aryl methyl sites for hydroxylation is 1. The maximum Gasteiger partial charge on any atom is 0.197 e. The molecule has 6 heteroatoms. The molecule has 3 aromatic rings. The second kappa shape index (κ2) is 6.02. The number of carbonyl (C=O) groups excluding carboxylic acids is 1. The Morgan fingerprint density at radius 1 is 1.26 bits per heavy atom. The topological polar surface area (TPSA) is 70.7 Å². The van der Waals surface area contributed by atoms with Gasteiger partial charge in [-0.2, -0.15) is 0 Å². The SMILES string of the molecule is [2H]c1c(O)c([2H])c2oc(CC)c(C(=O)c3cc(Br)c(O)c(Br)c3)c2c1[2H]. The second-order valence-electron chi connectivity index (χ2n) is 4.80. The van der Waals surface area contributed by atoms with Gasteiger partial charge in [0.1, 0.15) is 22.8 Å². The number of ketones is 1. The summed E-state index contributed by atoms with van der Waals surface area (Å²) in [7, 11) is 0. The first-order valence-electron chi connectivity index (χ1n) is 8.15. The molecule has 0 radical (unpaired) electrons. The molecule has 0 amide bonds. The zero-order valence-corrected chi connectivity index (χ0v) is 15.0. The summed E-state index contributed by atoms with van der Waals surface area (Å²) in [6.07, 6.45) is 0.323. The van der Waals surface area contributed by atoms with Crippen molar-refractivity contribution >= 4 is 48.6 Å². The number of phenols is 2. The number of hydrogen-bond donors (Lipinski definition) is 2. The van der Waals surface area contributed by atoms with Crippen LogP contribution in [0.15, 0.2) is 43.6 Å². The van der Waals surface area contributed by atoms with Gasteiger partial charge in [-0.1, -0.05) is 6.92 Å². The molecule has 118 valence electrons. The number of benzene rings is 2. The summed E-state index contributed by atoms with van der Waals surface area (Å²) in [6, 6.07) is 1.54. The summed E-state index contributed by atoms with van der Waals surface area (Å²) < 4.78 is 30.1. The van der Waals surface area contributed by atoms with Crippen molar-refractivity contribution in [2.24, 2.45) is 0 Å². The van der Waals surface area contributed by atoms with E-state index in [2.05, 4.69) is 31.9 Å². The number of phenolic OH excluding ortho intramolecular Hbond substituents is 2. The third-order valence-corrected chi connectivity index (χ3v) is 4.56. The molecule has 0 bridgehead atoms. The van der Waals surface area contributed by atoms with E-state index in [0.29, 0.717) is 15.4 Å². The number of carbonyl (C=O) groups is 1. The summed E-state index contributed by atoms with van der Waals surface area (Å²) in [5.74, 6) is -0.923. The number of halogens is 2. The van der Waals surface area contributed by atoms with Gasteiger partial charge in [-0.05, 0) is 56.1 Å². The highest BCUT2D eigenvalue weighted by Gasteiger charge is 2.22. The average molecular weight is 443 g/mol. The lowest BCUT2D eigenvalue weighted by Gasteiger charge is -2.06. The molecule has 2 N–H and O–H groups in total. The molecule has 0 unspecified atom stereocenters. The molecule has 2 aromatic carbocycles. The van der Waals surface area contributed by atoms with Crippen molar-refractivity contribution in [3.05, 3.63) is 56.1 Å². The summed E-state index contributed by atoms with van der Waals surface area (Å²) >= 11 is 6.35. The minimum absolute atomic E-state index is 0.0277. The van der Waals surface area contributed by atoms with Gasteiger partial charge in [0.15, 0.2) is 5.78 Å². The Morgan fingerprint density at radius 2 is 1.91 bits per heavy atom. The third-order valence-electron chi connectivity index (χ3n) is 3.35. The fourth-order valence-electron chi connectivity index (χ4n) is 2.28. The lowest BCUT2D eigenvalue weighted by Crippen LogP contribution is -2.03. The molecule has 0 aliphatic carbocycles. The molecule has 3 rings (SSSR count). The summed E-state index contributed by atoms with van der Waals surface area (Å²) in [5, 5.41) is 19.7. The number of rotatable bonds is 3. The van der Waals surface area contributed by atoms with Gasteiger partial charge < -0.3 is 14.6 Å². The molecular weight excluding hydrogens is 428 g/mol. The first kappa shape index (κ1) is 12.6. The predicted octanol–water partition coefficient (Wildman–Crippen LogP) is 5.16. The largest absolute Gasteiger partial charge is 0.508 e. The molecule has 0 aliphatic heterocycles. The van der Waals surface area contributed by atoms with Crippen LogP contribution in [0.4, 0.5) is 0 Å². The van der Waals surface area contributed by atoms with E-state index in [0.717, 1.165) is 0 Å². The van der Waals surface area contributed by atoms with E-state index in [1.807, 2.05) is 0 Å². The number of hydrogen-bond acceptors (Lipinski definition) is 4. The van der Waals surface area contributed by atoms with E-state index in [9.17, 15) is 15.0 Å². The van der Waals surface area contributed by atoms with Crippen molar-refractivity contribution in [1.82, 2.24) is 0 Å². The molecule has 0 atom stereocenters. The van der Waals surface area contributed by atoms with Gasteiger partial charge in [0.2, 0.25) is 0 Å². The summed E-state index contributed by atoms with van der Waals surface area (Å²) in [6.45, 7) is 1.76. The van der Waals surface area contributed by atoms with Gasteiger partial charge in [0, 0.05) is 23.4 Å². The molecule has 0 aliphatic rings. The maximum atomic E-state index is 13.1. The summed E-state index contributed by atoms with van der Waals surface area (Å²) in [5.41, 5.74) is 0.212. The van der Waals surface area contributed by atoms with Crippen molar-refractivity contribution in [3.8, 4) is 11.5 Å². The van der Waals surface area contributed by atoms with Crippen molar-refractivity contribution in [2.45, 2.75) is 13.3 Å². The molecule has 1 heterocycles. The molecule has 1 aromatic heterocycles. The molecule has 23 heavy (non-hydrogen) atoms. The molecule has 4 nitrogen and oxygen atoms in total. The van der Waals surface area contributed by atoms with Crippen molar-refractivity contribution in [3.63, 3.8) is 0 Å². The Hall–Kier alpha value is -1.79. The van der Waals surface area contributed by atoms with Crippen molar-refractivity contribution < 1.29 is 23.5 Å². The lowest BCUT2D eigenvalue weighted by molar-refractivity contribution is 0.103. The fourth-order valence-corrected chi connectivity index (χ4v) is 3.46. The average Bonchev–Trinajstić information content (AvgIpc) is 3.01. The minimum atomic E-state index is -0.659. The lowest BCUT2D eigenvalue weighted by atomic mass is 9.99. The maximum absolute atomic E-state index is 13.1. The highest BCUT2D eigenvalue weighted by molar-refractivity contribution is 9.11. The van der Waals surface area contributed by atoms with Crippen LogP contribution in [0.3, 0.4) is 0 Å². The highest BCUT2D eigenvalue weighted by Crippen LogP contribution is 2.36. The second-order valence-corrected chi connectivity index (χ2v) is 6.51. The van der Waals surface area contributed by atoms with E-state index < -0.39 is 23.6 Å². The van der Waals surface area contributed by atoms with Crippen LogP contribution in [0.2, 0.25) is 0 Å².